The van der Waals surface area contributed by atoms with E-state index >= 15 is 0 Å². The van der Waals surface area contributed by atoms with Crippen LogP contribution in [0.4, 0.5) is 0 Å². The molecule has 0 amide bonds. The predicted octanol–water partition coefficient (Wildman–Crippen LogP) is 5.14. The van der Waals surface area contributed by atoms with Crippen molar-refractivity contribution in [2.24, 2.45) is 0 Å². The lowest BCUT2D eigenvalue weighted by Gasteiger charge is -2.21. The number of benzene rings is 1. The van der Waals surface area contributed by atoms with Gasteiger partial charge in [0.05, 0.1) is 5.69 Å². The molecule has 0 saturated heterocycles. The fraction of sp³-hybridized carbons (Fsp3) is 0.318. The van der Waals surface area contributed by atoms with Gasteiger partial charge in [0, 0.05) is 28.1 Å². The molecule has 0 radical (unpaired) electrons. The molecule has 3 aromatic rings. The first-order chi connectivity index (χ1) is 12.8. The molecule has 27 heavy (non-hydrogen) atoms. The summed E-state index contributed by atoms with van der Waals surface area (Å²) in [5, 5.41) is 14.6. The Morgan fingerprint density at radius 1 is 1.15 bits per heavy atom. The van der Waals surface area contributed by atoms with Crippen molar-refractivity contribution in [1.29, 1.82) is 0 Å². The maximum absolute atomic E-state index is 11.6. The Morgan fingerprint density at radius 3 is 2.44 bits per heavy atom. The molecule has 0 spiro atoms. The first kappa shape index (κ1) is 19.4. The van der Waals surface area contributed by atoms with Crippen LogP contribution in [0.2, 0.25) is 0 Å². The highest BCUT2D eigenvalue weighted by atomic mass is 32.1. The summed E-state index contributed by atoms with van der Waals surface area (Å²) in [6.45, 7) is 7.12. The molecule has 0 aliphatic carbocycles. The largest absolute Gasteiger partial charge is 0.477 e. The molecule has 0 unspecified atom stereocenters. The van der Waals surface area contributed by atoms with E-state index in [1.807, 2.05) is 47.3 Å². The number of nitrogens with zero attached hydrogens (tertiary/aromatic N) is 1. The van der Waals surface area contributed by atoms with E-state index in [2.05, 4.69) is 38.2 Å². The minimum atomic E-state index is -0.863. The SMILES string of the molecule is CNC(C)(C)C.O=C(O)c1cc(-c2cccs2)c2n1CCc1ccccc1-2. The number of hydrogen-bond acceptors (Lipinski definition) is 3. The van der Waals surface area contributed by atoms with Gasteiger partial charge in [0.2, 0.25) is 0 Å². The van der Waals surface area contributed by atoms with Gasteiger partial charge >= 0.3 is 5.97 Å². The minimum Gasteiger partial charge on any atom is -0.477 e. The van der Waals surface area contributed by atoms with Gasteiger partial charge in [-0.15, -0.1) is 11.3 Å². The van der Waals surface area contributed by atoms with Crippen LogP contribution in [0.1, 0.15) is 36.8 Å². The molecule has 4 nitrogen and oxygen atoms in total. The number of rotatable bonds is 2. The molecule has 1 aliphatic heterocycles. The van der Waals surface area contributed by atoms with Gasteiger partial charge in [-0.05, 0) is 57.3 Å². The summed E-state index contributed by atoms with van der Waals surface area (Å²) in [7, 11) is 1.96. The second kappa shape index (κ2) is 7.71. The zero-order valence-electron chi connectivity index (χ0n) is 16.2. The summed E-state index contributed by atoms with van der Waals surface area (Å²) in [5.41, 5.74) is 5.17. The molecule has 0 bridgehead atoms. The van der Waals surface area contributed by atoms with Gasteiger partial charge in [-0.1, -0.05) is 30.3 Å². The molecule has 0 atom stereocenters. The number of carboxylic acid groups (broad SMARTS) is 1. The van der Waals surface area contributed by atoms with Crippen molar-refractivity contribution < 1.29 is 9.90 Å². The fourth-order valence-corrected chi connectivity index (χ4v) is 3.81. The minimum absolute atomic E-state index is 0.292. The average molecular weight is 383 g/mol. The van der Waals surface area contributed by atoms with E-state index in [-0.39, 0.29) is 0 Å². The van der Waals surface area contributed by atoms with Crippen molar-refractivity contribution in [3.05, 3.63) is 59.1 Å². The molecule has 4 rings (SSSR count). The molecular weight excluding hydrogens is 356 g/mol. The summed E-state index contributed by atoms with van der Waals surface area (Å²) in [4.78, 5) is 12.7. The summed E-state index contributed by atoms with van der Waals surface area (Å²) in [6, 6.07) is 14.1. The maximum atomic E-state index is 11.6. The van der Waals surface area contributed by atoms with E-state index < -0.39 is 5.97 Å². The van der Waals surface area contributed by atoms with Gasteiger partial charge < -0.3 is 15.0 Å². The second-order valence-electron chi connectivity index (χ2n) is 7.63. The molecule has 1 aliphatic rings. The third kappa shape index (κ3) is 4.15. The Balaban J connectivity index is 0.000000307. The Kier molecular flexibility index (Phi) is 5.53. The third-order valence-corrected chi connectivity index (χ3v) is 5.63. The number of nitrogens with one attached hydrogen (secondary N) is 1. The number of carbonyl (C=O) groups is 1. The number of aromatic nitrogens is 1. The Morgan fingerprint density at radius 2 is 1.85 bits per heavy atom. The monoisotopic (exact) mass is 382 g/mol. The van der Waals surface area contributed by atoms with Crippen molar-refractivity contribution >= 4 is 17.3 Å². The molecular formula is C22H26N2O2S. The van der Waals surface area contributed by atoms with E-state index in [1.54, 1.807) is 11.3 Å². The van der Waals surface area contributed by atoms with Gasteiger partial charge in [0.1, 0.15) is 5.69 Å². The number of hydrogen-bond donors (Lipinski definition) is 2. The van der Waals surface area contributed by atoms with Crippen LogP contribution < -0.4 is 5.32 Å². The number of aromatic carboxylic acids is 1. The summed E-state index contributed by atoms with van der Waals surface area (Å²) < 4.78 is 1.94. The van der Waals surface area contributed by atoms with Crippen LogP contribution in [0.5, 0.6) is 0 Å². The molecule has 2 aromatic heterocycles. The molecule has 0 saturated carbocycles. The van der Waals surface area contributed by atoms with E-state index in [1.165, 1.54) is 5.56 Å². The smallest absolute Gasteiger partial charge is 0.352 e. The predicted molar refractivity (Wildman–Crippen MR) is 113 cm³/mol. The van der Waals surface area contributed by atoms with E-state index in [4.69, 9.17) is 0 Å². The number of fused-ring (bicyclic) bond motifs is 3. The van der Waals surface area contributed by atoms with Crippen molar-refractivity contribution in [3.63, 3.8) is 0 Å². The zero-order chi connectivity index (χ0) is 19.6. The van der Waals surface area contributed by atoms with Crippen molar-refractivity contribution in [1.82, 2.24) is 9.88 Å². The highest BCUT2D eigenvalue weighted by Gasteiger charge is 2.26. The highest BCUT2D eigenvalue weighted by Crippen LogP contribution is 2.41. The summed E-state index contributed by atoms with van der Waals surface area (Å²) in [5.74, 6) is -0.863. The van der Waals surface area contributed by atoms with E-state index in [9.17, 15) is 9.90 Å². The van der Waals surface area contributed by atoms with Crippen LogP contribution in [-0.4, -0.2) is 28.2 Å². The van der Waals surface area contributed by atoms with Gasteiger partial charge in [0.15, 0.2) is 0 Å². The standard InChI is InChI=1S/C17H13NO2S.C5H13N/c19-17(20)14-10-13(15-6-3-9-21-15)16-12-5-2-1-4-11(12)7-8-18(14)16;1-5(2,3)6-4/h1-6,9-10H,7-8H2,(H,19,20);6H,1-4H3. The molecule has 5 heteroatoms. The number of thiophene rings is 1. The number of aryl methyl sites for hydroxylation is 1. The van der Waals surface area contributed by atoms with Crippen molar-refractivity contribution in [3.8, 4) is 21.7 Å². The molecule has 0 fully saturated rings. The molecule has 3 heterocycles. The number of carboxylic acids is 1. The Hall–Kier alpha value is -2.37. The first-order valence-electron chi connectivity index (χ1n) is 9.09. The second-order valence-corrected chi connectivity index (χ2v) is 8.58. The topological polar surface area (TPSA) is 54.3 Å². The molecule has 2 N–H and O–H groups in total. The fourth-order valence-electron chi connectivity index (χ4n) is 3.07. The summed E-state index contributed by atoms with van der Waals surface area (Å²) in [6.07, 6.45) is 0.877. The lowest BCUT2D eigenvalue weighted by molar-refractivity contribution is 0.0685. The van der Waals surface area contributed by atoms with Crippen LogP contribution in [0.3, 0.4) is 0 Å². The van der Waals surface area contributed by atoms with Crippen LogP contribution in [0.25, 0.3) is 21.7 Å². The Labute approximate surface area is 164 Å². The molecule has 1 aromatic carbocycles. The van der Waals surface area contributed by atoms with Crippen LogP contribution in [0.15, 0.2) is 47.8 Å². The first-order valence-corrected chi connectivity index (χ1v) is 9.97. The normalized spacial score (nSPS) is 12.6. The van der Waals surface area contributed by atoms with Crippen LogP contribution in [-0.2, 0) is 13.0 Å². The van der Waals surface area contributed by atoms with Crippen molar-refractivity contribution in [2.75, 3.05) is 7.05 Å². The average Bonchev–Trinajstić information content (AvgIpc) is 3.29. The maximum Gasteiger partial charge on any atom is 0.352 e. The van der Waals surface area contributed by atoms with Crippen LogP contribution >= 0.6 is 11.3 Å². The lowest BCUT2D eigenvalue weighted by atomic mass is 9.96. The van der Waals surface area contributed by atoms with Gasteiger partial charge in [-0.2, -0.15) is 0 Å². The van der Waals surface area contributed by atoms with Gasteiger partial charge in [0.25, 0.3) is 0 Å². The van der Waals surface area contributed by atoms with Gasteiger partial charge in [-0.25, -0.2) is 4.79 Å². The lowest BCUT2D eigenvalue weighted by Crippen LogP contribution is -2.31. The quantitative estimate of drug-likeness (QED) is 0.645. The van der Waals surface area contributed by atoms with Crippen LogP contribution in [0, 0.1) is 0 Å². The van der Waals surface area contributed by atoms with Gasteiger partial charge in [-0.3, -0.25) is 0 Å². The van der Waals surface area contributed by atoms with E-state index in [0.717, 1.165) is 34.7 Å². The Bertz CT molecular complexity index is 934. The molecule has 142 valence electrons. The van der Waals surface area contributed by atoms with E-state index in [0.29, 0.717) is 11.2 Å². The van der Waals surface area contributed by atoms with Crippen molar-refractivity contribution in [2.45, 2.75) is 39.3 Å². The summed E-state index contributed by atoms with van der Waals surface area (Å²) >= 11 is 1.64. The highest BCUT2D eigenvalue weighted by molar-refractivity contribution is 7.13. The third-order valence-electron chi connectivity index (χ3n) is 4.73. The zero-order valence-corrected chi connectivity index (χ0v) is 17.1.